The van der Waals surface area contributed by atoms with Crippen molar-refractivity contribution >= 4 is 11.6 Å². The quantitative estimate of drug-likeness (QED) is 0.833. The highest BCUT2D eigenvalue weighted by atomic mass is 35.5. The Morgan fingerprint density at radius 2 is 2.00 bits per heavy atom. The zero-order valence-electron chi connectivity index (χ0n) is 12.6. The molecule has 0 radical (unpaired) electrons. The summed E-state index contributed by atoms with van der Waals surface area (Å²) in [7, 11) is 0. The second-order valence-electron chi connectivity index (χ2n) is 7.20. The van der Waals surface area contributed by atoms with Crippen LogP contribution >= 0.6 is 11.6 Å². The maximum atomic E-state index is 13.9. The van der Waals surface area contributed by atoms with Gasteiger partial charge in [0.15, 0.2) is 0 Å². The molecule has 20 heavy (non-hydrogen) atoms. The Kier molecular flexibility index (Phi) is 4.76. The molecule has 1 saturated carbocycles. The highest BCUT2D eigenvalue weighted by Crippen LogP contribution is 2.41. The lowest BCUT2D eigenvalue weighted by Crippen LogP contribution is -2.40. The molecule has 1 aliphatic carbocycles. The standard InChI is InChI=1S/C17H25ClFN/c1-17(2,3)12-7-8-16(20)11(9-12)10-13-14(18)5-4-6-15(13)19/h4-6,11-12,16H,7-10,20H2,1-3H3. The molecule has 0 spiro atoms. The van der Waals surface area contributed by atoms with Gasteiger partial charge in [-0.15, -0.1) is 0 Å². The van der Waals surface area contributed by atoms with Crippen LogP contribution in [0, 0.1) is 23.1 Å². The summed E-state index contributed by atoms with van der Waals surface area (Å²) in [6.07, 6.45) is 3.92. The van der Waals surface area contributed by atoms with Gasteiger partial charge in [0.1, 0.15) is 5.82 Å². The zero-order chi connectivity index (χ0) is 14.9. The minimum Gasteiger partial charge on any atom is -0.327 e. The number of benzene rings is 1. The molecule has 1 aromatic carbocycles. The Labute approximate surface area is 126 Å². The maximum absolute atomic E-state index is 13.9. The lowest BCUT2D eigenvalue weighted by molar-refractivity contribution is 0.126. The topological polar surface area (TPSA) is 26.0 Å². The van der Waals surface area contributed by atoms with Gasteiger partial charge in [-0.2, -0.15) is 0 Å². The van der Waals surface area contributed by atoms with Crippen molar-refractivity contribution in [2.24, 2.45) is 23.0 Å². The van der Waals surface area contributed by atoms with Gasteiger partial charge in [0.25, 0.3) is 0 Å². The van der Waals surface area contributed by atoms with Crippen LogP contribution in [0.4, 0.5) is 4.39 Å². The van der Waals surface area contributed by atoms with Gasteiger partial charge in [-0.05, 0) is 55.1 Å². The Morgan fingerprint density at radius 1 is 1.30 bits per heavy atom. The molecular weight excluding hydrogens is 273 g/mol. The fourth-order valence-electron chi connectivity index (χ4n) is 3.30. The first-order chi connectivity index (χ1) is 9.29. The van der Waals surface area contributed by atoms with Crippen molar-refractivity contribution in [1.29, 1.82) is 0 Å². The zero-order valence-corrected chi connectivity index (χ0v) is 13.4. The van der Waals surface area contributed by atoms with Crippen molar-refractivity contribution in [3.05, 3.63) is 34.6 Å². The van der Waals surface area contributed by atoms with Crippen molar-refractivity contribution in [3.8, 4) is 0 Å². The Balaban J connectivity index is 2.15. The molecule has 112 valence electrons. The third-order valence-electron chi connectivity index (χ3n) is 4.79. The van der Waals surface area contributed by atoms with E-state index in [4.69, 9.17) is 17.3 Å². The fraction of sp³-hybridized carbons (Fsp3) is 0.647. The van der Waals surface area contributed by atoms with Gasteiger partial charge in [0.05, 0.1) is 0 Å². The first kappa shape index (κ1) is 15.8. The van der Waals surface area contributed by atoms with E-state index in [-0.39, 0.29) is 17.3 Å². The van der Waals surface area contributed by atoms with Crippen molar-refractivity contribution in [2.45, 2.75) is 52.5 Å². The molecule has 1 aromatic rings. The Morgan fingerprint density at radius 3 is 2.60 bits per heavy atom. The lowest BCUT2D eigenvalue weighted by Gasteiger charge is -2.41. The minimum absolute atomic E-state index is 0.157. The number of rotatable bonds is 2. The van der Waals surface area contributed by atoms with Crippen molar-refractivity contribution in [3.63, 3.8) is 0 Å². The van der Waals surface area contributed by atoms with E-state index >= 15 is 0 Å². The Bertz CT molecular complexity index is 446. The van der Waals surface area contributed by atoms with Gasteiger partial charge >= 0.3 is 0 Å². The highest BCUT2D eigenvalue weighted by molar-refractivity contribution is 6.31. The predicted molar refractivity (Wildman–Crippen MR) is 83.4 cm³/mol. The molecule has 0 amide bonds. The third-order valence-corrected chi connectivity index (χ3v) is 5.15. The summed E-state index contributed by atoms with van der Waals surface area (Å²) >= 11 is 6.14. The van der Waals surface area contributed by atoms with Gasteiger partial charge in [-0.25, -0.2) is 4.39 Å². The smallest absolute Gasteiger partial charge is 0.127 e. The van der Waals surface area contributed by atoms with E-state index in [1.165, 1.54) is 12.5 Å². The van der Waals surface area contributed by atoms with Gasteiger partial charge in [-0.3, -0.25) is 0 Å². The summed E-state index contributed by atoms with van der Waals surface area (Å²) in [6, 6.07) is 5.05. The van der Waals surface area contributed by atoms with Crippen LogP contribution < -0.4 is 5.73 Å². The summed E-state index contributed by atoms with van der Waals surface area (Å²) in [5, 5.41) is 0.523. The molecular formula is C17H25ClFN. The van der Waals surface area contributed by atoms with Crippen LogP contribution in [0.15, 0.2) is 18.2 Å². The van der Waals surface area contributed by atoms with Crippen LogP contribution in [0.3, 0.4) is 0 Å². The SMILES string of the molecule is CC(C)(C)C1CCC(N)C(Cc2c(F)cccc2Cl)C1. The normalized spacial score (nSPS) is 27.6. The largest absolute Gasteiger partial charge is 0.327 e. The summed E-state index contributed by atoms with van der Waals surface area (Å²) in [4.78, 5) is 0. The number of hydrogen-bond donors (Lipinski definition) is 1. The molecule has 1 nitrogen and oxygen atoms in total. The minimum atomic E-state index is -0.206. The van der Waals surface area contributed by atoms with Gasteiger partial charge in [0.2, 0.25) is 0 Å². The molecule has 2 N–H and O–H groups in total. The van der Waals surface area contributed by atoms with Gasteiger partial charge in [-0.1, -0.05) is 38.4 Å². The molecule has 3 atom stereocenters. The predicted octanol–water partition coefficient (Wildman–Crippen LogP) is 4.81. The van der Waals surface area contributed by atoms with Gasteiger partial charge < -0.3 is 5.73 Å². The molecule has 3 unspecified atom stereocenters. The molecule has 0 bridgehead atoms. The van der Waals surface area contributed by atoms with E-state index in [9.17, 15) is 4.39 Å². The van der Waals surface area contributed by atoms with Gasteiger partial charge in [0, 0.05) is 16.6 Å². The van der Waals surface area contributed by atoms with Crippen molar-refractivity contribution in [1.82, 2.24) is 0 Å². The van der Waals surface area contributed by atoms with Crippen LogP contribution in [0.1, 0.15) is 45.6 Å². The molecule has 1 fully saturated rings. The van der Waals surface area contributed by atoms with Crippen LogP contribution in [0.25, 0.3) is 0 Å². The van der Waals surface area contributed by atoms with E-state index in [1.807, 2.05) is 0 Å². The van der Waals surface area contributed by atoms with Crippen LogP contribution in [0.5, 0.6) is 0 Å². The van der Waals surface area contributed by atoms with E-state index in [0.29, 0.717) is 28.8 Å². The molecule has 0 saturated heterocycles. The number of halogens is 2. The summed E-state index contributed by atoms with van der Waals surface area (Å²) in [6.45, 7) is 6.84. The van der Waals surface area contributed by atoms with Crippen molar-refractivity contribution in [2.75, 3.05) is 0 Å². The molecule has 2 rings (SSSR count). The number of nitrogens with two attached hydrogens (primary N) is 1. The summed E-state index contributed by atoms with van der Waals surface area (Å²) in [5.74, 6) is 0.766. The lowest BCUT2D eigenvalue weighted by atomic mass is 9.66. The monoisotopic (exact) mass is 297 g/mol. The Hall–Kier alpha value is -0.600. The van der Waals surface area contributed by atoms with E-state index in [0.717, 1.165) is 12.8 Å². The number of hydrogen-bond acceptors (Lipinski definition) is 1. The second-order valence-corrected chi connectivity index (χ2v) is 7.61. The molecule has 3 heteroatoms. The van der Waals surface area contributed by atoms with Crippen LogP contribution in [-0.2, 0) is 6.42 Å². The summed E-state index contributed by atoms with van der Waals surface area (Å²) < 4.78 is 13.9. The first-order valence-electron chi connectivity index (χ1n) is 7.47. The molecule has 0 aliphatic heterocycles. The van der Waals surface area contributed by atoms with Crippen molar-refractivity contribution < 1.29 is 4.39 Å². The fourth-order valence-corrected chi connectivity index (χ4v) is 3.54. The molecule has 0 aromatic heterocycles. The van der Waals surface area contributed by atoms with Crippen LogP contribution in [0.2, 0.25) is 5.02 Å². The van der Waals surface area contributed by atoms with E-state index in [2.05, 4.69) is 20.8 Å². The maximum Gasteiger partial charge on any atom is 0.127 e. The average molecular weight is 298 g/mol. The van der Waals surface area contributed by atoms with Crippen LogP contribution in [-0.4, -0.2) is 6.04 Å². The van der Waals surface area contributed by atoms with E-state index in [1.54, 1.807) is 12.1 Å². The van der Waals surface area contributed by atoms with E-state index < -0.39 is 0 Å². The summed E-state index contributed by atoms with van der Waals surface area (Å²) in [5.41, 5.74) is 7.18. The third kappa shape index (κ3) is 3.53. The molecule has 1 aliphatic rings. The average Bonchev–Trinajstić information content (AvgIpc) is 2.34. The first-order valence-corrected chi connectivity index (χ1v) is 7.85. The second kappa shape index (κ2) is 6.03. The highest BCUT2D eigenvalue weighted by Gasteiger charge is 2.34. The molecule has 0 heterocycles.